The number of carbonyl (C=O) groups is 1. The normalized spacial score (nSPS) is 26.6. The third-order valence-corrected chi connectivity index (χ3v) is 5.30. The number of pyridine rings is 1. The van der Waals surface area contributed by atoms with Crippen LogP contribution in [0.2, 0.25) is 0 Å². The van der Waals surface area contributed by atoms with Crippen molar-refractivity contribution in [3.05, 3.63) is 30.1 Å². The maximum atomic E-state index is 11.7. The van der Waals surface area contributed by atoms with Crippen molar-refractivity contribution in [3.8, 4) is 0 Å². The molecule has 2 saturated heterocycles. The molecular weight excluding hydrogens is 306 g/mol. The molecule has 0 aromatic carbocycles. The number of hydrogen-bond acceptors (Lipinski definition) is 5. The van der Waals surface area contributed by atoms with Gasteiger partial charge in [0.15, 0.2) is 0 Å². The van der Waals surface area contributed by atoms with Gasteiger partial charge in [-0.3, -0.25) is 14.7 Å². The first-order valence-electron chi connectivity index (χ1n) is 8.65. The molecule has 3 heterocycles. The second-order valence-electron chi connectivity index (χ2n) is 7.44. The predicted molar refractivity (Wildman–Crippen MR) is 91.0 cm³/mol. The molecule has 2 aliphatic heterocycles. The molecule has 6 nitrogen and oxygen atoms in total. The van der Waals surface area contributed by atoms with Crippen LogP contribution in [0.4, 0.5) is 0 Å². The van der Waals surface area contributed by atoms with E-state index in [2.05, 4.69) is 28.6 Å². The highest BCUT2D eigenvalue weighted by molar-refractivity contribution is 5.72. The molecular formula is C18H27N3O3. The highest BCUT2D eigenvalue weighted by atomic mass is 16.5. The number of ether oxygens (including phenoxy) is 1. The van der Waals surface area contributed by atoms with E-state index in [0.717, 1.165) is 45.0 Å². The zero-order valence-electron chi connectivity index (χ0n) is 14.5. The Balaban J connectivity index is 1.70. The lowest BCUT2D eigenvalue weighted by Crippen LogP contribution is -2.55. The standard InChI is InChI=1S/C18H27N3O3/c1-18(2,21-6-8-24-9-7-21)13-20-11-15(16(12-20)17(22)23)14-4-3-5-19-10-14/h3-5,10,15-16H,6-9,11-13H2,1-2H3,(H,22,23). The molecule has 1 aromatic heterocycles. The van der Waals surface area contributed by atoms with Crippen molar-refractivity contribution in [2.45, 2.75) is 25.3 Å². The molecule has 2 atom stereocenters. The minimum Gasteiger partial charge on any atom is -0.481 e. The van der Waals surface area contributed by atoms with Crippen LogP contribution in [0, 0.1) is 5.92 Å². The second kappa shape index (κ2) is 7.17. The molecule has 24 heavy (non-hydrogen) atoms. The number of hydrogen-bond donors (Lipinski definition) is 1. The van der Waals surface area contributed by atoms with Crippen molar-refractivity contribution in [2.75, 3.05) is 45.9 Å². The Bertz CT molecular complexity index is 558. The monoisotopic (exact) mass is 333 g/mol. The smallest absolute Gasteiger partial charge is 0.308 e. The first kappa shape index (κ1) is 17.3. The largest absolute Gasteiger partial charge is 0.481 e. The topological polar surface area (TPSA) is 65.9 Å². The lowest BCUT2D eigenvalue weighted by molar-refractivity contribution is -0.141. The summed E-state index contributed by atoms with van der Waals surface area (Å²) >= 11 is 0. The quantitative estimate of drug-likeness (QED) is 0.876. The van der Waals surface area contributed by atoms with Crippen LogP contribution in [-0.2, 0) is 9.53 Å². The van der Waals surface area contributed by atoms with Crippen LogP contribution in [0.5, 0.6) is 0 Å². The highest BCUT2D eigenvalue weighted by Crippen LogP contribution is 2.34. The van der Waals surface area contributed by atoms with Gasteiger partial charge in [0, 0.05) is 56.6 Å². The minimum absolute atomic E-state index is 0.0106. The molecule has 0 radical (unpaired) electrons. The zero-order chi connectivity index (χ0) is 17.2. The third kappa shape index (κ3) is 3.77. The van der Waals surface area contributed by atoms with Crippen molar-refractivity contribution in [3.63, 3.8) is 0 Å². The van der Waals surface area contributed by atoms with E-state index in [0.29, 0.717) is 6.54 Å². The van der Waals surface area contributed by atoms with E-state index in [9.17, 15) is 9.90 Å². The summed E-state index contributed by atoms with van der Waals surface area (Å²) in [6.07, 6.45) is 3.53. The fraction of sp³-hybridized carbons (Fsp3) is 0.667. The van der Waals surface area contributed by atoms with Crippen LogP contribution < -0.4 is 0 Å². The average molecular weight is 333 g/mol. The first-order valence-corrected chi connectivity index (χ1v) is 8.65. The molecule has 6 heteroatoms. The molecule has 132 valence electrons. The van der Waals surface area contributed by atoms with Crippen LogP contribution in [0.1, 0.15) is 25.3 Å². The van der Waals surface area contributed by atoms with Gasteiger partial charge in [0.05, 0.1) is 19.1 Å². The summed E-state index contributed by atoms with van der Waals surface area (Å²) in [5, 5.41) is 9.64. The van der Waals surface area contributed by atoms with E-state index in [-0.39, 0.29) is 17.4 Å². The van der Waals surface area contributed by atoms with Crippen molar-refractivity contribution in [1.82, 2.24) is 14.8 Å². The van der Waals surface area contributed by atoms with Crippen molar-refractivity contribution in [1.29, 1.82) is 0 Å². The fourth-order valence-corrected chi connectivity index (χ4v) is 4.01. The molecule has 0 saturated carbocycles. The second-order valence-corrected chi connectivity index (χ2v) is 7.44. The van der Waals surface area contributed by atoms with Gasteiger partial charge in [0.25, 0.3) is 0 Å². The number of rotatable bonds is 5. The van der Waals surface area contributed by atoms with Crippen molar-refractivity contribution in [2.24, 2.45) is 5.92 Å². The Kier molecular flexibility index (Phi) is 5.18. The Morgan fingerprint density at radius 1 is 1.38 bits per heavy atom. The molecule has 0 spiro atoms. The van der Waals surface area contributed by atoms with Gasteiger partial charge >= 0.3 is 5.97 Å². The van der Waals surface area contributed by atoms with Gasteiger partial charge in [-0.15, -0.1) is 0 Å². The number of carboxylic acid groups (broad SMARTS) is 1. The Morgan fingerprint density at radius 2 is 2.12 bits per heavy atom. The van der Waals surface area contributed by atoms with E-state index in [1.807, 2.05) is 12.1 Å². The maximum absolute atomic E-state index is 11.7. The lowest BCUT2D eigenvalue weighted by atomic mass is 9.90. The molecule has 2 aliphatic rings. The number of aromatic nitrogens is 1. The van der Waals surface area contributed by atoms with E-state index >= 15 is 0 Å². The molecule has 2 fully saturated rings. The van der Waals surface area contributed by atoms with Gasteiger partial charge < -0.3 is 14.7 Å². The summed E-state index contributed by atoms with van der Waals surface area (Å²) in [6.45, 7) is 10.2. The minimum atomic E-state index is -0.712. The van der Waals surface area contributed by atoms with Crippen LogP contribution in [0.3, 0.4) is 0 Å². The average Bonchev–Trinajstić information content (AvgIpc) is 3.00. The zero-order valence-corrected chi connectivity index (χ0v) is 14.5. The van der Waals surface area contributed by atoms with E-state index in [4.69, 9.17) is 4.74 Å². The Labute approximate surface area is 143 Å². The first-order chi connectivity index (χ1) is 11.5. The van der Waals surface area contributed by atoms with E-state index in [1.54, 1.807) is 12.4 Å². The van der Waals surface area contributed by atoms with Gasteiger partial charge in [-0.2, -0.15) is 0 Å². The molecule has 0 bridgehead atoms. The summed E-state index contributed by atoms with van der Waals surface area (Å²) < 4.78 is 5.45. The lowest BCUT2D eigenvalue weighted by Gasteiger charge is -2.43. The van der Waals surface area contributed by atoms with Gasteiger partial charge in [0.2, 0.25) is 0 Å². The number of nitrogens with zero attached hydrogens (tertiary/aromatic N) is 3. The number of carboxylic acids is 1. The van der Waals surface area contributed by atoms with Crippen LogP contribution in [0.25, 0.3) is 0 Å². The summed E-state index contributed by atoms with van der Waals surface area (Å²) in [4.78, 5) is 20.6. The third-order valence-electron chi connectivity index (χ3n) is 5.30. The van der Waals surface area contributed by atoms with Crippen LogP contribution in [0.15, 0.2) is 24.5 Å². The summed E-state index contributed by atoms with van der Waals surface area (Å²) in [5.41, 5.74) is 1.04. The van der Waals surface area contributed by atoms with E-state index in [1.165, 1.54) is 0 Å². The van der Waals surface area contributed by atoms with E-state index < -0.39 is 5.97 Å². The van der Waals surface area contributed by atoms with Crippen LogP contribution in [-0.4, -0.2) is 77.3 Å². The molecule has 3 rings (SSSR count). The fourth-order valence-electron chi connectivity index (χ4n) is 4.01. The van der Waals surface area contributed by atoms with Crippen LogP contribution >= 0.6 is 0 Å². The van der Waals surface area contributed by atoms with Gasteiger partial charge in [-0.05, 0) is 25.5 Å². The van der Waals surface area contributed by atoms with Gasteiger partial charge in [0.1, 0.15) is 0 Å². The summed E-state index contributed by atoms with van der Waals surface area (Å²) in [6, 6.07) is 3.87. The molecule has 2 unspecified atom stereocenters. The highest BCUT2D eigenvalue weighted by Gasteiger charge is 2.41. The van der Waals surface area contributed by atoms with Crippen molar-refractivity contribution >= 4 is 5.97 Å². The molecule has 1 aromatic rings. The van der Waals surface area contributed by atoms with Gasteiger partial charge in [-0.1, -0.05) is 6.07 Å². The molecule has 1 N–H and O–H groups in total. The predicted octanol–water partition coefficient (Wildman–Crippen LogP) is 1.29. The number of aliphatic carboxylic acids is 1. The van der Waals surface area contributed by atoms with Crippen molar-refractivity contribution < 1.29 is 14.6 Å². The summed E-state index contributed by atoms with van der Waals surface area (Å²) in [7, 11) is 0. The Morgan fingerprint density at radius 3 is 2.75 bits per heavy atom. The molecule has 0 aliphatic carbocycles. The number of likely N-dealkylation sites (tertiary alicyclic amines) is 1. The van der Waals surface area contributed by atoms with Gasteiger partial charge in [-0.25, -0.2) is 0 Å². The number of morpholine rings is 1. The summed E-state index contributed by atoms with van der Waals surface area (Å²) in [5.74, 6) is -1.07. The Hall–Kier alpha value is -1.50. The SMILES string of the molecule is CC(C)(CN1CC(C(=O)O)C(c2cccnc2)C1)N1CCOCC1. The molecule has 0 amide bonds. The maximum Gasteiger partial charge on any atom is 0.308 e.